The molecule has 1 aromatic heterocycles. The van der Waals surface area contributed by atoms with Gasteiger partial charge >= 0.3 is 6.18 Å². The Morgan fingerprint density at radius 3 is 2.56 bits per heavy atom. The van der Waals surface area contributed by atoms with Crippen molar-refractivity contribution in [1.29, 1.82) is 0 Å². The van der Waals surface area contributed by atoms with E-state index in [1.54, 1.807) is 12.3 Å². The standard InChI is InChI=1S/C10H6BrF3N2/c11-8-3-2-7(10(12,13)14)6-9(8)16-5-1-4-15-16/h1-6H. The molecule has 1 aromatic carbocycles. The summed E-state index contributed by atoms with van der Waals surface area (Å²) in [6.45, 7) is 0. The molecule has 6 heteroatoms. The Hall–Kier alpha value is -1.30. The molecule has 0 saturated carbocycles. The lowest BCUT2D eigenvalue weighted by Crippen LogP contribution is -2.06. The van der Waals surface area contributed by atoms with Crippen LogP contribution in [0.4, 0.5) is 13.2 Å². The maximum atomic E-state index is 12.5. The van der Waals surface area contributed by atoms with Crippen molar-refractivity contribution in [2.75, 3.05) is 0 Å². The lowest BCUT2D eigenvalue weighted by Gasteiger charge is -2.10. The minimum Gasteiger partial charge on any atom is -0.240 e. The summed E-state index contributed by atoms with van der Waals surface area (Å²) < 4.78 is 39.4. The Kier molecular flexibility index (Phi) is 2.75. The van der Waals surface area contributed by atoms with Gasteiger partial charge in [-0.2, -0.15) is 18.3 Å². The Morgan fingerprint density at radius 2 is 2.00 bits per heavy atom. The molecule has 0 aliphatic rings. The first-order valence-electron chi connectivity index (χ1n) is 4.35. The third kappa shape index (κ3) is 2.11. The fraction of sp³-hybridized carbons (Fsp3) is 0.100. The summed E-state index contributed by atoms with van der Waals surface area (Å²) in [4.78, 5) is 0. The van der Waals surface area contributed by atoms with Crippen molar-refractivity contribution in [1.82, 2.24) is 9.78 Å². The Labute approximate surface area is 97.8 Å². The summed E-state index contributed by atoms with van der Waals surface area (Å²) in [6, 6.07) is 5.08. The van der Waals surface area contributed by atoms with Crippen LogP contribution in [0.15, 0.2) is 41.1 Å². The van der Waals surface area contributed by atoms with Crippen LogP contribution < -0.4 is 0 Å². The summed E-state index contributed by atoms with van der Waals surface area (Å²) in [6.07, 6.45) is -1.25. The maximum absolute atomic E-state index is 12.5. The second-order valence-corrected chi connectivity index (χ2v) is 3.97. The van der Waals surface area contributed by atoms with E-state index in [4.69, 9.17) is 0 Å². The van der Waals surface area contributed by atoms with E-state index >= 15 is 0 Å². The van der Waals surface area contributed by atoms with Gasteiger partial charge in [0.2, 0.25) is 0 Å². The first kappa shape index (κ1) is 11.2. The SMILES string of the molecule is FC(F)(F)c1ccc(Br)c(-n2cccn2)c1. The molecular weight excluding hydrogens is 285 g/mol. The monoisotopic (exact) mass is 290 g/mol. The van der Waals surface area contributed by atoms with Gasteiger partial charge in [0.15, 0.2) is 0 Å². The fourth-order valence-electron chi connectivity index (χ4n) is 1.28. The summed E-state index contributed by atoms with van der Waals surface area (Å²) >= 11 is 3.19. The predicted molar refractivity (Wildman–Crippen MR) is 56.3 cm³/mol. The van der Waals surface area contributed by atoms with Crippen LogP contribution in [-0.2, 0) is 6.18 Å². The summed E-state index contributed by atoms with van der Waals surface area (Å²) in [7, 11) is 0. The topological polar surface area (TPSA) is 17.8 Å². The van der Waals surface area contributed by atoms with Crippen molar-refractivity contribution in [3.8, 4) is 5.69 Å². The van der Waals surface area contributed by atoms with Crippen LogP contribution in [0.25, 0.3) is 5.69 Å². The van der Waals surface area contributed by atoms with Gasteiger partial charge in [-0.1, -0.05) is 0 Å². The van der Waals surface area contributed by atoms with Gasteiger partial charge in [-0.25, -0.2) is 4.68 Å². The van der Waals surface area contributed by atoms with E-state index in [-0.39, 0.29) is 0 Å². The average molecular weight is 291 g/mol. The van der Waals surface area contributed by atoms with Crippen LogP contribution in [0.3, 0.4) is 0 Å². The minimum atomic E-state index is -4.34. The van der Waals surface area contributed by atoms with Gasteiger partial charge in [0.25, 0.3) is 0 Å². The highest BCUT2D eigenvalue weighted by atomic mass is 79.9. The van der Waals surface area contributed by atoms with Crippen molar-refractivity contribution >= 4 is 15.9 Å². The third-order valence-corrected chi connectivity index (χ3v) is 2.70. The van der Waals surface area contributed by atoms with Gasteiger partial charge in [0.05, 0.1) is 11.3 Å². The average Bonchev–Trinajstić information content (AvgIpc) is 2.69. The van der Waals surface area contributed by atoms with E-state index in [0.29, 0.717) is 10.2 Å². The molecule has 2 rings (SSSR count). The molecule has 0 N–H and O–H groups in total. The van der Waals surface area contributed by atoms with Gasteiger partial charge in [-0.3, -0.25) is 0 Å². The molecular formula is C10H6BrF3N2. The highest BCUT2D eigenvalue weighted by Crippen LogP contribution is 2.32. The van der Waals surface area contributed by atoms with Crippen LogP contribution in [0.2, 0.25) is 0 Å². The molecule has 0 amide bonds. The van der Waals surface area contributed by atoms with Crippen LogP contribution in [0.1, 0.15) is 5.56 Å². The molecule has 2 nitrogen and oxygen atoms in total. The maximum Gasteiger partial charge on any atom is 0.416 e. The molecule has 0 aliphatic heterocycles. The van der Waals surface area contributed by atoms with Crippen LogP contribution in [0.5, 0.6) is 0 Å². The van der Waals surface area contributed by atoms with E-state index in [1.165, 1.54) is 16.9 Å². The number of nitrogens with zero attached hydrogens (tertiary/aromatic N) is 2. The van der Waals surface area contributed by atoms with E-state index < -0.39 is 11.7 Å². The fourth-order valence-corrected chi connectivity index (χ4v) is 1.70. The third-order valence-electron chi connectivity index (χ3n) is 2.02. The second-order valence-electron chi connectivity index (χ2n) is 3.11. The van der Waals surface area contributed by atoms with Gasteiger partial charge in [0, 0.05) is 16.9 Å². The van der Waals surface area contributed by atoms with Crippen LogP contribution in [0, 0.1) is 0 Å². The smallest absolute Gasteiger partial charge is 0.240 e. The number of benzene rings is 1. The summed E-state index contributed by atoms with van der Waals surface area (Å²) in [5.41, 5.74) is -0.332. The summed E-state index contributed by atoms with van der Waals surface area (Å²) in [5.74, 6) is 0. The first-order chi connectivity index (χ1) is 7.48. The van der Waals surface area contributed by atoms with Crippen LogP contribution in [-0.4, -0.2) is 9.78 Å². The van der Waals surface area contributed by atoms with Gasteiger partial charge in [0.1, 0.15) is 0 Å². The summed E-state index contributed by atoms with van der Waals surface area (Å²) in [5, 5.41) is 3.89. The number of aromatic nitrogens is 2. The molecule has 0 spiro atoms. The lowest BCUT2D eigenvalue weighted by atomic mass is 10.2. The number of alkyl halides is 3. The van der Waals surface area contributed by atoms with Crippen molar-refractivity contribution in [2.24, 2.45) is 0 Å². The Morgan fingerprint density at radius 1 is 1.25 bits per heavy atom. The van der Waals surface area contributed by atoms with Gasteiger partial charge in [-0.05, 0) is 40.2 Å². The molecule has 84 valence electrons. The van der Waals surface area contributed by atoms with Crippen molar-refractivity contribution in [2.45, 2.75) is 6.18 Å². The van der Waals surface area contributed by atoms with Crippen molar-refractivity contribution in [3.05, 3.63) is 46.7 Å². The molecule has 0 unspecified atom stereocenters. The van der Waals surface area contributed by atoms with Gasteiger partial charge < -0.3 is 0 Å². The Balaban J connectivity index is 2.54. The molecule has 2 aromatic rings. The number of hydrogen-bond donors (Lipinski definition) is 0. The lowest BCUT2D eigenvalue weighted by molar-refractivity contribution is -0.137. The normalized spacial score (nSPS) is 11.8. The quantitative estimate of drug-likeness (QED) is 0.784. The molecule has 16 heavy (non-hydrogen) atoms. The molecule has 0 aliphatic carbocycles. The molecule has 0 saturated heterocycles. The molecule has 0 fully saturated rings. The van der Waals surface area contributed by atoms with Crippen molar-refractivity contribution in [3.63, 3.8) is 0 Å². The predicted octanol–water partition coefficient (Wildman–Crippen LogP) is 3.65. The zero-order chi connectivity index (χ0) is 11.8. The van der Waals surface area contributed by atoms with E-state index in [2.05, 4.69) is 21.0 Å². The molecule has 0 atom stereocenters. The second kappa shape index (κ2) is 3.93. The van der Waals surface area contributed by atoms with Crippen molar-refractivity contribution < 1.29 is 13.2 Å². The molecule has 0 radical (unpaired) electrons. The number of hydrogen-bond acceptors (Lipinski definition) is 1. The van der Waals surface area contributed by atoms with E-state index in [0.717, 1.165) is 12.1 Å². The largest absolute Gasteiger partial charge is 0.416 e. The first-order valence-corrected chi connectivity index (χ1v) is 5.14. The zero-order valence-electron chi connectivity index (χ0n) is 7.87. The molecule has 1 heterocycles. The number of halogens is 4. The van der Waals surface area contributed by atoms with Gasteiger partial charge in [-0.15, -0.1) is 0 Å². The highest BCUT2D eigenvalue weighted by Gasteiger charge is 2.31. The highest BCUT2D eigenvalue weighted by molar-refractivity contribution is 9.10. The Bertz CT molecular complexity index is 491. The van der Waals surface area contributed by atoms with E-state index in [1.807, 2.05) is 0 Å². The van der Waals surface area contributed by atoms with E-state index in [9.17, 15) is 13.2 Å². The zero-order valence-corrected chi connectivity index (χ0v) is 9.46. The molecule has 0 bridgehead atoms. The number of rotatable bonds is 1. The minimum absolute atomic E-state index is 0.361. The van der Waals surface area contributed by atoms with Crippen LogP contribution >= 0.6 is 15.9 Å².